The predicted octanol–water partition coefficient (Wildman–Crippen LogP) is 3.07. The molecule has 5 nitrogen and oxygen atoms in total. The fraction of sp³-hybridized carbons (Fsp3) is 0.455. The summed E-state index contributed by atoms with van der Waals surface area (Å²) in [6, 6.07) is 11.9. The average molecular weight is 400 g/mol. The zero-order valence-corrected chi connectivity index (χ0v) is 17.6. The van der Waals surface area contributed by atoms with Crippen LogP contribution in [0.3, 0.4) is 0 Å². The Labute approximate surface area is 171 Å². The van der Waals surface area contributed by atoms with Crippen molar-refractivity contribution in [3.8, 4) is 0 Å². The Balaban J connectivity index is 1.53. The Kier molecular flexibility index (Phi) is 6.86. The van der Waals surface area contributed by atoms with E-state index in [0.717, 1.165) is 19.5 Å². The summed E-state index contributed by atoms with van der Waals surface area (Å²) >= 11 is 1.38. The second kappa shape index (κ2) is 9.34. The molecule has 2 N–H and O–H groups in total. The van der Waals surface area contributed by atoms with E-state index in [1.165, 1.54) is 22.5 Å². The van der Waals surface area contributed by atoms with Crippen molar-refractivity contribution in [2.75, 3.05) is 13.1 Å². The third kappa shape index (κ3) is 5.00. The van der Waals surface area contributed by atoms with Gasteiger partial charge in [0.15, 0.2) is 0 Å². The Hall–Kier alpha value is -2.18. The molecule has 0 spiro atoms. The van der Waals surface area contributed by atoms with Crippen molar-refractivity contribution >= 4 is 23.2 Å². The first-order valence-electron chi connectivity index (χ1n) is 9.88. The van der Waals surface area contributed by atoms with Crippen LogP contribution >= 0.6 is 11.3 Å². The molecule has 2 heterocycles. The average Bonchev–Trinajstić information content (AvgIpc) is 3.24. The first-order valence-corrected chi connectivity index (χ1v) is 10.8. The normalized spacial score (nSPS) is 16.3. The number of thiophene rings is 1. The molecule has 28 heavy (non-hydrogen) atoms. The monoisotopic (exact) mass is 399 g/mol. The van der Waals surface area contributed by atoms with Crippen molar-refractivity contribution in [1.82, 2.24) is 15.5 Å². The topological polar surface area (TPSA) is 61.4 Å². The molecule has 2 amide bonds. The molecule has 1 aromatic carbocycles. The van der Waals surface area contributed by atoms with Crippen LogP contribution < -0.4 is 10.6 Å². The van der Waals surface area contributed by atoms with Crippen molar-refractivity contribution < 1.29 is 9.59 Å². The van der Waals surface area contributed by atoms with Crippen LogP contribution in [0.5, 0.6) is 0 Å². The summed E-state index contributed by atoms with van der Waals surface area (Å²) in [4.78, 5) is 28.1. The van der Waals surface area contributed by atoms with Gasteiger partial charge in [-0.3, -0.25) is 14.5 Å². The summed E-state index contributed by atoms with van der Waals surface area (Å²) in [5.41, 5.74) is 2.79. The van der Waals surface area contributed by atoms with Crippen LogP contribution in [-0.4, -0.2) is 41.9 Å². The smallest absolute Gasteiger partial charge is 0.262 e. The molecule has 0 bridgehead atoms. The maximum Gasteiger partial charge on any atom is 0.262 e. The lowest BCUT2D eigenvalue weighted by Gasteiger charge is -2.34. The van der Waals surface area contributed by atoms with Gasteiger partial charge in [0.05, 0.1) is 4.88 Å². The van der Waals surface area contributed by atoms with Crippen LogP contribution in [0.1, 0.15) is 41.6 Å². The molecule has 150 valence electrons. The van der Waals surface area contributed by atoms with Gasteiger partial charge in [-0.2, -0.15) is 0 Å². The van der Waals surface area contributed by atoms with Crippen LogP contribution in [0.4, 0.5) is 0 Å². The van der Waals surface area contributed by atoms with Gasteiger partial charge in [-0.1, -0.05) is 44.2 Å². The largest absolute Gasteiger partial charge is 0.353 e. The summed E-state index contributed by atoms with van der Waals surface area (Å²) in [6.07, 6.45) is 1.04. The summed E-state index contributed by atoms with van der Waals surface area (Å²) in [6.45, 7) is 8.52. The Morgan fingerprint density at radius 2 is 1.86 bits per heavy atom. The highest BCUT2D eigenvalue weighted by molar-refractivity contribution is 7.12. The number of amides is 2. The summed E-state index contributed by atoms with van der Waals surface area (Å²) in [5.74, 6) is -0.296. The van der Waals surface area contributed by atoms with Gasteiger partial charge in [0.1, 0.15) is 6.04 Å². The quantitative estimate of drug-likeness (QED) is 0.752. The second-order valence-corrected chi connectivity index (χ2v) is 8.70. The van der Waals surface area contributed by atoms with Crippen molar-refractivity contribution in [3.63, 3.8) is 0 Å². The molecule has 0 aliphatic carbocycles. The van der Waals surface area contributed by atoms with Crippen LogP contribution in [0.15, 0.2) is 41.8 Å². The van der Waals surface area contributed by atoms with Crippen LogP contribution in [-0.2, 0) is 17.8 Å². The van der Waals surface area contributed by atoms with E-state index in [2.05, 4.69) is 46.7 Å². The maximum absolute atomic E-state index is 12.7. The number of nitrogens with zero attached hydrogens (tertiary/aromatic N) is 1. The van der Waals surface area contributed by atoms with E-state index in [1.54, 1.807) is 6.07 Å². The summed E-state index contributed by atoms with van der Waals surface area (Å²) in [5, 5.41) is 7.78. The third-order valence-corrected chi connectivity index (χ3v) is 6.20. The maximum atomic E-state index is 12.7. The first-order chi connectivity index (χ1) is 13.5. The van der Waals surface area contributed by atoms with Crippen LogP contribution in [0.2, 0.25) is 0 Å². The number of nitrogens with one attached hydrogen (secondary N) is 2. The van der Waals surface area contributed by atoms with E-state index in [9.17, 15) is 9.59 Å². The molecular formula is C22H29N3O2S. The molecule has 0 fully saturated rings. The molecule has 0 saturated carbocycles. The summed E-state index contributed by atoms with van der Waals surface area (Å²) < 4.78 is 0. The van der Waals surface area contributed by atoms with E-state index in [0.29, 0.717) is 11.4 Å². The number of hydrogen-bond donors (Lipinski definition) is 2. The molecule has 1 aliphatic heterocycles. The standard InChI is InChI=1S/C22H29N3O2S/c1-15(2)20(24-21(26)19-9-6-12-28-19)22(27)23-13-16(3)25-11-10-17-7-4-5-8-18(17)14-25/h4-9,12,15-16,20H,10-11,13-14H2,1-3H3,(H,23,27)(H,24,26). The third-order valence-electron chi connectivity index (χ3n) is 5.34. The lowest BCUT2D eigenvalue weighted by Crippen LogP contribution is -2.52. The molecule has 2 aromatic rings. The van der Waals surface area contributed by atoms with Crippen molar-refractivity contribution in [2.24, 2.45) is 5.92 Å². The first kappa shape index (κ1) is 20.6. The lowest BCUT2D eigenvalue weighted by molar-refractivity contribution is -0.124. The van der Waals surface area contributed by atoms with Gasteiger partial charge in [-0.15, -0.1) is 11.3 Å². The minimum absolute atomic E-state index is 0.0149. The van der Waals surface area contributed by atoms with Gasteiger partial charge < -0.3 is 10.6 Å². The number of carbonyl (C=O) groups is 2. The minimum Gasteiger partial charge on any atom is -0.353 e. The molecular weight excluding hydrogens is 370 g/mol. The molecule has 0 saturated heterocycles. The fourth-order valence-electron chi connectivity index (χ4n) is 3.54. The van der Waals surface area contributed by atoms with Gasteiger partial charge in [0.2, 0.25) is 5.91 Å². The Bertz CT molecular complexity index is 804. The zero-order valence-electron chi connectivity index (χ0n) is 16.8. The SMILES string of the molecule is CC(C)C(NC(=O)c1cccs1)C(=O)NCC(C)N1CCc2ccccc2C1. The van der Waals surface area contributed by atoms with E-state index in [-0.39, 0.29) is 23.8 Å². The van der Waals surface area contributed by atoms with Crippen LogP contribution in [0, 0.1) is 5.92 Å². The highest BCUT2D eigenvalue weighted by Gasteiger charge is 2.26. The number of carbonyl (C=O) groups excluding carboxylic acids is 2. The van der Waals surface area contributed by atoms with Crippen molar-refractivity contribution in [2.45, 2.75) is 45.8 Å². The van der Waals surface area contributed by atoms with Gasteiger partial charge in [0, 0.05) is 25.7 Å². The number of fused-ring (bicyclic) bond motifs is 1. The lowest BCUT2D eigenvalue weighted by atomic mass is 9.99. The fourth-order valence-corrected chi connectivity index (χ4v) is 4.16. The number of hydrogen-bond acceptors (Lipinski definition) is 4. The highest BCUT2D eigenvalue weighted by atomic mass is 32.1. The molecule has 1 aromatic heterocycles. The van der Waals surface area contributed by atoms with Crippen LogP contribution in [0.25, 0.3) is 0 Å². The van der Waals surface area contributed by atoms with Gasteiger partial charge in [-0.05, 0) is 41.8 Å². The molecule has 2 unspecified atom stereocenters. The number of rotatable bonds is 7. The predicted molar refractivity (Wildman–Crippen MR) is 113 cm³/mol. The van der Waals surface area contributed by atoms with E-state index < -0.39 is 6.04 Å². The number of benzene rings is 1. The summed E-state index contributed by atoms with van der Waals surface area (Å²) in [7, 11) is 0. The zero-order chi connectivity index (χ0) is 20.1. The molecule has 0 radical (unpaired) electrons. The van der Waals surface area contributed by atoms with Crippen molar-refractivity contribution in [1.29, 1.82) is 0 Å². The Morgan fingerprint density at radius 1 is 1.11 bits per heavy atom. The van der Waals surface area contributed by atoms with Gasteiger partial charge in [-0.25, -0.2) is 0 Å². The van der Waals surface area contributed by atoms with E-state index >= 15 is 0 Å². The van der Waals surface area contributed by atoms with E-state index in [4.69, 9.17) is 0 Å². The molecule has 6 heteroatoms. The molecule has 3 rings (SSSR count). The highest BCUT2D eigenvalue weighted by Crippen LogP contribution is 2.20. The second-order valence-electron chi connectivity index (χ2n) is 7.76. The molecule has 1 aliphatic rings. The Morgan fingerprint density at radius 3 is 2.54 bits per heavy atom. The van der Waals surface area contributed by atoms with E-state index in [1.807, 2.05) is 25.3 Å². The van der Waals surface area contributed by atoms with Crippen molar-refractivity contribution in [3.05, 3.63) is 57.8 Å². The van der Waals surface area contributed by atoms with Gasteiger partial charge in [0.25, 0.3) is 5.91 Å². The molecule has 2 atom stereocenters. The minimum atomic E-state index is -0.538. The van der Waals surface area contributed by atoms with Gasteiger partial charge >= 0.3 is 0 Å².